The van der Waals surface area contributed by atoms with Crippen molar-refractivity contribution in [1.82, 2.24) is 19.7 Å². The molecule has 96 valence electrons. The van der Waals surface area contributed by atoms with E-state index in [0.717, 1.165) is 12.8 Å². The van der Waals surface area contributed by atoms with E-state index in [4.69, 9.17) is 0 Å². The number of nitrogens with zero attached hydrogens (tertiary/aromatic N) is 3. The lowest BCUT2D eigenvalue weighted by molar-refractivity contribution is 0.512. The monoisotopic (exact) mass is 322 g/mol. The summed E-state index contributed by atoms with van der Waals surface area (Å²) in [6.45, 7) is 0.500. The van der Waals surface area contributed by atoms with E-state index in [2.05, 4.69) is 31.0 Å². The van der Waals surface area contributed by atoms with Gasteiger partial charge in [-0.1, -0.05) is 18.1 Å². The summed E-state index contributed by atoms with van der Waals surface area (Å²) in [6.07, 6.45) is 4.60. The molecule has 1 N–H and O–H groups in total. The van der Waals surface area contributed by atoms with E-state index in [1.807, 2.05) is 0 Å². The average molecular weight is 323 g/mol. The topological polar surface area (TPSA) is 76.9 Å². The standard InChI is InChI=1S/C9H15BrN4O2S/c1-14-9(8(10)12-13-14)17(15,16)11-6-7-4-2-3-5-7/h7,11H,2-6H2,1H3. The zero-order chi connectivity index (χ0) is 12.5. The van der Waals surface area contributed by atoms with Gasteiger partial charge in [-0.3, -0.25) is 0 Å². The van der Waals surface area contributed by atoms with Crippen LogP contribution in [-0.4, -0.2) is 30.0 Å². The van der Waals surface area contributed by atoms with Crippen LogP contribution in [0.25, 0.3) is 0 Å². The minimum Gasteiger partial charge on any atom is -0.235 e. The first-order valence-corrected chi connectivity index (χ1v) is 7.83. The molecule has 0 unspecified atom stereocenters. The first-order chi connectivity index (χ1) is 8.00. The van der Waals surface area contributed by atoms with Crippen LogP contribution in [0.4, 0.5) is 0 Å². The molecular weight excluding hydrogens is 308 g/mol. The highest BCUT2D eigenvalue weighted by molar-refractivity contribution is 9.10. The summed E-state index contributed by atoms with van der Waals surface area (Å²) in [5.74, 6) is 0.463. The SMILES string of the molecule is Cn1nnc(Br)c1S(=O)(=O)NCC1CCCC1. The van der Waals surface area contributed by atoms with Crippen LogP contribution in [0.2, 0.25) is 0 Å². The number of nitrogens with one attached hydrogen (secondary N) is 1. The fraction of sp³-hybridized carbons (Fsp3) is 0.778. The molecule has 1 aliphatic carbocycles. The summed E-state index contributed by atoms with van der Waals surface area (Å²) in [6, 6.07) is 0. The molecular formula is C9H15BrN4O2S. The molecule has 0 saturated heterocycles. The van der Waals surface area contributed by atoms with Crippen LogP contribution in [0, 0.1) is 5.92 Å². The van der Waals surface area contributed by atoms with Crippen molar-refractivity contribution in [2.24, 2.45) is 13.0 Å². The van der Waals surface area contributed by atoms with Crippen molar-refractivity contribution in [3.8, 4) is 0 Å². The molecule has 1 saturated carbocycles. The first kappa shape index (κ1) is 13.0. The number of hydrogen-bond donors (Lipinski definition) is 1. The lowest BCUT2D eigenvalue weighted by Crippen LogP contribution is -2.30. The van der Waals surface area contributed by atoms with Gasteiger partial charge in [0.2, 0.25) is 5.03 Å². The molecule has 0 spiro atoms. The Kier molecular flexibility index (Phi) is 3.84. The molecule has 1 fully saturated rings. The Morgan fingerprint density at radius 2 is 2.12 bits per heavy atom. The van der Waals surface area contributed by atoms with Gasteiger partial charge in [0.15, 0.2) is 4.60 Å². The molecule has 0 bridgehead atoms. The van der Waals surface area contributed by atoms with Crippen molar-refractivity contribution in [2.75, 3.05) is 6.54 Å². The van der Waals surface area contributed by atoms with Crippen molar-refractivity contribution >= 4 is 26.0 Å². The Labute approximate surface area is 109 Å². The highest BCUT2D eigenvalue weighted by Gasteiger charge is 2.25. The summed E-state index contributed by atoms with van der Waals surface area (Å²) in [7, 11) is -1.97. The molecule has 1 aliphatic rings. The third-order valence-corrected chi connectivity index (χ3v) is 5.34. The molecule has 0 amide bonds. The summed E-state index contributed by atoms with van der Waals surface area (Å²) < 4.78 is 28.2. The average Bonchev–Trinajstić information content (AvgIpc) is 2.86. The second-order valence-electron chi connectivity index (χ2n) is 4.31. The van der Waals surface area contributed by atoms with Crippen LogP contribution >= 0.6 is 15.9 Å². The van der Waals surface area contributed by atoms with Crippen LogP contribution in [-0.2, 0) is 17.1 Å². The molecule has 6 nitrogen and oxygen atoms in total. The van der Waals surface area contributed by atoms with Gasteiger partial charge >= 0.3 is 0 Å². The van der Waals surface area contributed by atoms with Gasteiger partial charge in [-0.15, -0.1) is 5.10 Å². The minimum atomic E-state index is -3.52. The molecule has 0 radical (unpaired) electrons. The van der Waals surface area contributed by atoms with Crippen LogP contribution in [0.5, 0.6) is 0 Å². The van der Waals surface area contributed by atoms with Gasteiger partial charge in [0.1, 0.15) is 0 Å². The zero-order valence-electron chi connectivity index (χ0n) is 9.56. The van der Waals surface area contributed by atoms with Crippen LogP contribution in [0.3, 0.4) is 0 Å². The second-order valence-corrected chi connectivity index (χ2v) is 6.74. The van der Waals surface area contributed by atoms with Gasteiger partial charge in [0.05, 0.1) is 0 Å². The van der Waals surface area contributed by atoms with Gasteiger partial charge in [0, 0.05) is 13.6 Å². The molecule has 0 atom stereocenters. The number of rotatable bonds is 4. The van der Waals surface area contributed by atoms with Crippen LogP contribution in [0.15, 0.2) is 9.63 Å². The number of halogens is 1. The smallest absolute Gasteiger partial charge is 0.235 e. The molecule has 0 aliphatic heterocycles. The Hall–Kier alpha value is -0.470. The van der Waals surface area contributed by atoms with Crippen molar-refractivity contribution in [3.05, 3.63) is 4.60 Å². The third-order valence-electron chi connectivity index (χ3n) is 3.03. The van der Waals surface area contributed by atoms with Gasteiger partial charge in [0.25, 0.3) is 10.0 Å². The van der Waals surface area contributed by atoms with Crippen molar-refractivity contribution in [1.29, 1.82) is 0 Å². The third kappa shape index (κ3) is 2.86. The quantitative estimate of drug-likeness (QED) is 0.898. The van der Waals surface area contributed by atoms with E-state index >= 15 is 0 Å². The maximum atomic E-state index is 12.0. The van der Waals surface area contributed by atoms with Gasteiger partial charge in [-0.2, -0.15) is 0 Å². The fourth-order valence-electron chi connectivity index (χ4n) is 2.12. The van der Waals surface area contributed by atoms with E-state index in [9.17, 15) is 8.42 Å². The molecule has 1 heterocycles. The molecule has 1 aromatic rings. The van der Waals surface area contributed by atoms with Crippen LogP contribution < -0.4 is 4.72 Å². The predicted octanol–water partition coefficient (Wildman–Crippen LogP) is 1.05. The normalized spacial score (nSPS) is 17.8. The van der Waals surface area contributed by atoms with E-state index < -0.39 is 10.0 Å². The number of hydrogen-bond acceptors (Lipinski definition) is 4. The molecule has 17 heavy (non-hydrogen) atoms. The summed E-state index contributed by atoms with van der Waals surface area (Å²) >= 11 is 3.09. The van der Waals surface area contributed by atoms with Crippen molar-refractivity contribution < 1.29 is 8.42 Å². The Morgan fingerprint density at radius 3 is 2.65 bits per heavy atom. The Morgan fingerprint density at radius 1 is 1.47 bits per heavy atom. The van der Waals surface area contributed by atoms with Crippen LogP contribution in [0.1, 0.15) is 25.7 Å². The number of sulfonamides is 1. The van der Waals surface area contributed by atoms with E-state index in [1.54, 1.807) is 7.05 Å². The van der Waals surface area contributed by atoms with Crippen molar-refractivity contribution in [3.63, 3.8) is 0 Å². The van der Waals surface area contributed by atoms with E-state index in [0.29, 0.717) is 12.5 Å². The largest absolute Gasteiger partial charge is 0.260 e. The molecule has 0 aromatic carbocycles. The molecule has 2 rings (SSSR count). The van der Waals surface area contributed by atoms with E-state index in [-0.39, 0.29) is 9.63 Å². The fourth-order valence-corrected chi connectivity index (χ4v) is 4.32. The Bertz CT molecular complexity index is 474. The highest BCUT2D eigenvalue weighted by atomic mass is 79.9. The number of aryl methyl sites for hydroxylation is 1. The predicted molar refractivity (Wildman–Crippen MR) is 65.8 cm³/mol. The van der Waals surface area contributed by atoms with E-state index in [1.165, 1.54) is 17.5 Å². The van der Waals surface area contributed by atoms with Gasteiger partial charge in [-0.25, -0.2) is 17.8 Å². The maximum absolute atomic E-state index is 12.0. The lowest BCUT2D eigenvalue weighted by atomic mass is 10.1. The zero-order valence-corrected chi connectivity index (χ0v) is 12.0. The Balaban J connectivity index is 2.08. The summed E-state index contributed by atoms with van der Waals surface area (Å²) in [5, 5.41) is 7.41. The van der Waals surface area contributed by atoms with Crippen molar-refractivity contribution in [2.45, 2.75) is 30.7 Å². The lowest BCUT2D eigenvalue weighted by Gasteiger charge is -2.10. The summed E-state index contributed by atoms with van der Waals surface area (Å²) in [4.78, 5) is 0. The highest BCUT2D eigenvalue weighted by Crippen LogP contribution is 2.24. The maximum Gasteiger partial charge on any atom is 0.260 e. The molecule has 1 aromatic heterocycles. The first-order valence-electron chi connectivity index (χ1n) is 5.55. The van der Waals surface area contributed by atoms with Gasteiger partial charge in [-0.05, 0) is 34.7 Å². The second kappa shape index (κ2) is 5.03. The minimum absolute atomic E-state index is 0.0792. The number of aromatic nitrogens is 3. The summed E-state index contributed by atoms with van der Waals surface area (Å²) in [5.41, 5.74) is 0. The van der Waals surface area contributed by atoms with Gasteiger partial charge < -0.3 is 0 Å². The molecule has 8 heteroatoms.